The first-order valence-corrected chi connectivity index (χ1v) is 17.7. The fourth-order valence-electron chi connectivity index (χ4n) is 5.09. The van der Waals surface area contributed by atoms with Gasteiger partial charge in [0, 0.05) is 18.5 Å². The van der Waals surface area contributed by atoms with Crippen LogP contribution < -0.4 is 11.6 Å². The number of imidazole rings is 1. The largest absolute Gasteiger partial charge is 0.508 e. The number of nitrogens with zero attached hydrogens (tertiary/aromatic N) is 6. The number of ether oxygens (including phenoxy) is 3. The number of carbonyl (C=O) groups excluding carboxylic acids is 2. The average molecular weight is 777 g/mol. The summed E-state index contributed by atoms with van der Waals surface area (Å²) in [5, 5.41) is 23.4. The molecule has 1 amide bonds. The van der Waals surface area contributed by atoms with Crippen molar-refractivity contribution in [1.82, 2.24) is 14.7 Å². The van der Waals surface area contributed by atoms with E-state index in [1.165, 1.54) is 0 Å². The minimum Gasteiger partial charge on any atom is -0.447 e. The number of unbranched alkanes of at least 4 members (excludes halogenated alkanes) is 5. The Labute approximate surface area is 316 Å². The molecular weight excluding hydrogens is 732 g/mol. The summed E-state index contributed by atoms with van der Waals surface area (Å²) in [6, 6.07) is 14.9. The molecule has 0 spiro atoms. The second-order valence-electron chi connectivity index (χ2n) is 11.8. The summed E-state index contributed by atoms with van der Waals surface area (Å²) in [6.45, 7) is 2.36. The SMILES string of the molecule is CCCCc1nc(Cl)c(COC(=O)OCCCCCO[N+](=O)[O-])n1Cc1ccc(-c2ccccc2/C(N)=N/N(N)C(=O)OCCCCCO[N+](=O)[O-])cc1. The Hall–Kier alpha value is -5.69. The number of amidine groups is 1. The second-order valence-corrected chi connectivity index (χ2v) is 12.1. The lowest BCUT2D eigenvalue weighted by Crippen LogP contribution is -2.36. The summed E-state index contributed by atoms with van der Waals surface area (Å²) in [4.78, 5) is 58.1. The number of hydrogen-bond acceptors (Lipinski definition) is 14. The standard InChI is InChI=1S/C34H45ClN8O11/c1-2-3-14-30-38-31(35)29(24-52-34(45)51-20-9-5-11-22-54-43(48)49)40(30)23-25-15-17-26(18-16-25)27-12-6-7-13-28(27)32(36)39-41(37)33(44)50-19-8-4-10-21-53-42(46)47/h6-7,12-13,15-18H,2-5,8-11,14,19-24,37H2,1H3,(H2,36,39). The van der Waals surface area contributed by atoms with E-state index in [1.54, 1.807) is 12.1 Å². The van der Waals surface area contributed by atoms with Gasteiger partial charge < -0.3 is 34.2 Å². The highest BCUT2D eigenvalue weighted by atomic mass is 35.5. The van der Waals surface area contributed by atoms with E-state index in [4.69, 9.17) is 37.4 Å². The molecule has 0 aliphatic rings. The number of aryl methyl sites for hydroxylation is 1. The summed E-state index contributed by atoms with van der Waals surface area (Å²) in [6.07, 6.45) is 3.64. The molecule has 3 rings (SSSR count). The molecule has 19 nitrogen and oxygen atoms in total. The zero-order chi connectivity index (χ0) is 39.3. The molecule has 294 valence electrons. The van der Waals surface area contributed by atoms with E-state index < -0.39 is 22.4 Å². The van der Waals surface area contributed by atoms with E-state index in [9.17, 15) is 29.8 Å². The molecular formula is C34H45ClN8O11. The van der Waals surface area contributed by atoms with Crippen molar-refractivity contribution < 1.29 is 43.6 Å². The molecule has 3 aromatic rings. The summed E-state index contributed by atoms with van der Waals surface area (Å²) in [7, 11) is 0. The van der Waals surface area contributed by atoms with Gasteiger partial charge in [-0.05, 0) is 61.6 Å². The normalized spacial score (nSPS) is 11.1. The van der Waals surface area contributed by atoms with Crippen LogP contribution in [0.3, 0.4) is 0 Å². The van der Waals surface area contributed by atoms with Crippen molar-refractivity contribution in [3.05, 3.63) is 96.6 Å². The summed E-state index contributed by atoms with van der Waals surface area (Å²) in [5.74, 6) is 6.52. The molecule has 0 atom stereocenters. The third-order valence-electron chi connectivity index (χ3n) is 7.81. The van der Waals surface area contributed by atoms with Gasteiger partial charge in [0.25, 0.3) is 10.2 Å². The smallest absolute Gasteiger partial charge is 0.447 e. The topological polar surface area (TPSA) is 252 Å². The Morgan fingerprint density at radius 3 is 2.11 bits per heavy atom. The average Bonchev–Trinajstić information content (AvgIpc) is 3.44. The van der Waals surface area contributed by atoms with E-state index >= 15 is 0 Å². The van der Waals surface area contributed by atoms with Crippen molar-refractivity contribution >= 4 is 29.7 Å². The number of nitrogens with two attached hydrogens (primary N) is 2. The lowest BCUT2D eigenvalue weighted by molar-refractivity contribution is -0.757. The molecule has 0 bridgehead atoms. The molecule has 1 heterocycles. The zero-order valence-corrected chi connectivity index (χ0v) is 30.7. The number of rotatable bonds is 24. The molecule has 0 saturated heterocycles. The molecule has 4 N–H and O–H groups in total. The lowest BCUT2D eigenvalue weighted by Gasteiger charge is -2.15. The van der Waals surface area contributed by atoms with E-state index in [0.717, 1.165) is 35.4 Å². The van der Waals surface area contributed by atoms with Crippen LogP contribution in [0.5, 0.6) is 0 Å². The molecule has 0 unspecified atom stereocenters. The van der Waals surface area contributed by atoms with Crippen molar-refractivity contribution in [2.75, 3.05) is 26.4 Å². The summed E-state index contributed by atoms with van der Waals surface area (Å²) >= 11 is 6.53. The van der Waals surface area contributed by atoms with Gasteiger partial charge in [-0.2, -0.15) is 0 Å². The zero-order valence-electron chi connectivity index (χ0n) is 29.9. The molecule has 0 aliphatic heterocycles. The maximum atomic E-state index is 12.3. The first kappa shape index (κ1) is 42.7. The fraction of sp³-hybridized carbons (Fsp3) is 0.471. The minimum absolute atomic E-state index is 0.0215. The van der Waals surface area contributed by atoms with Crippen molar-refractivity contribution in [1.29, 1.82) is 0 Å². The van der Waals surface area contributed by atoms with Crippen LogP contribution in [0.25, 0.3) is 11.1 Å². The van der Waals surface area contributed by atoms with Gasteiger partial charge in [0.05, 0.1) is 32.1 Å². The van der Waals surface area contributed by atoms with Crippen LogP contribution >= 0.6 is 11.6 Å². The highest BCUT2D eigenvalue weighted by Crippen LogP contribution is 2.26. The Morgan fingerprint density at radius 2 is 1.48 bits per heavy atom. The van der Waals surface area contributed by atoms with Gasteiger partial charge in [-0.25, -0.2) is 20.4 Å². The fourth-order valence-corrected chi connectivity index (χ4v) is 5.34. The van der Waals surface area contributed by atoms with Crippen molar-refractivity contribution in [3.63, 3.8) is 0 Å². The maximum absolute atomic E-state index is 12.3. The van der Waals surface area contributed by atoms with E-state index in [0.29, 0.717) is 67.9 Å². The Balaban J connectivity index is 1.64. The van der Waals surface area contributed by atoms with Gasteiger partial charge >= 0.3 is 12.2 Å². The number of hydrazone groups is 1. The number of halogens is 1. The minimum atomic E-state index is -0.920. The van der Waals surface area contributed by atoms with Crippen molar-refractivity contribution in [3.8, 4) is 11.1 Å². The number of aromatic nitrogens is 2. The van der Waals surface area contributed by atoms with Crippen LogP contribution in [0.1, 0.15) is 80.9 Å². The van der Waals surface area contributed by atoms with Crippen molar-refractivity contribution in [2.24, 2.45) is 16.7 Å². The number of amides is 1. The Morgan fingerprint density at radius 1 is 0.870 bits per heavy atom. The quantitative estimate of drug-likeness (QED) is 0.0156. The Kier molecular flexibility index (Phi) is 18.3. The van der Waals surface area contributed by atoms with Gasteiger partial charge in [-0.15, -0.1) is 30.4 Å². The van der Waals surface area contributed by atoms with E-state index in [1.807, 2.05) is 41.0 Å². The molecule has 0 radical (unpaired) electrons. The van der Waals surface area contributed by atoms with E-state index in [-0.39, 0.29) is 44.0 Å². The van der Waals surface area contributed by atoms with Gasteiger partial charge in [0.1, 0.15) is 12.4 Å². The van der Waals surface area contributed by atoms with Crippen LogP contribution in [0, 0.1) is 20.2 Å². The number of hydrazine groups is 1. The lowest BCUT2D eigenvalue weighted by atomic mass is 9.98. The summed E-state index contributed by atoms with van der Waals surface area (Å²) < 4.78 is 17.5. The molecule has 0 aliphatic carbocycles. The van der Waals surface area contributed by atoms with Crippen LogP contribution in [0.15, 0.2) is 53.6 Å². The van der Waals surface area contributed by atoms with Gasteiger partial charge in [-0.1, -0.05) is 73.5 Å². The third kappa shape index (κ3) is 14.7. The number of carbonyl (C=O) groups is 2. The van der Waals surface area contributed by atoms with Gasteiger partial charge in [-0.3, -0.25) is 0 Å². The van der Waals surface area contributed by atoms with Crippen LogP contribution in [0.2, 0.25) is 5.15 Å². The first-order valence-electron chi connectivity index (χ1n) is 17.3. The number of hydrogen-bond donors (Lipinski definition) is 2. The van der Waals surface area contributed by atoms with Crippen molar-refractivity contribution in [2.45, 2.75) is 77.9 Å². The molecule has 20 heteroatoms. The predicted molar refractivity (Wildman–Crippen MR) is 195 cm³/mol. The molecule has 0 fully saturated rings. The van der Waals surface area contributed by atoms with Gasteiger partial charge in [0.15, 0.2) is 11.0 Å². The summed E-state index contributed by atoms with van der Waals surface area (Å²) in [5.41, 5.74) is 9.78. The van der Waals surface area contributed by atoms with E-state index in [2.05, 4.69) is 26.7 Å². The molecule has 54 heavy (non-hydrogen) atoms. The van der Waals surface area contributed by atoms with Crippen LogP contribution in [0.4, 0.5) is 9.59 Å². The molecule has 1 aromatic heterocycles. The third-order valence-corrected chi connectivity index (χ3v) is 8.11. The maximum Gasteiger partial charge on any atom is 0.508 e. The highest BCUT2D eigenvalue weighted by Gasteiger charge is 2.19. The molecule has 2 aromatic carbocycles. The van der Waals surface area contributed by atoms with Crippen LogP contribution in [-0.2, 0) is 43.5 Å². The van der Waals surface area contributed by atoms with Gasteiger partial charge in [0.2, 0.25) is 0 Å². The second kappa shape index (κ2) is 23.1. The number of benzene rings is 2. The monoisotopic (exact) mass is 776 g/mol. The Bertz CT molecular complexity index is 1710. The predicted octanol–water partition coefficient (Wildman–Crippen LogP) is 5.94. The van der Waals surface area contributed by atoms with Crippen LogP contribution in [-0.4, -0.2) is 69.4 Å². The molecule has 0 saturated carbocycles. The first-order chi connectivity index (χ1) is 26.0. The highest BCUT2D eigenvalue weighted by molar-refractivity contribution is 6.30.